The summed E-state index contributed by atoms with van der Waals surface area (Å²) in [6.07, 6.45) is 0.785. The standard InChI is InChI=1S/C18H23N3OSi/c1-22-18(23(2,3)4,14-15-10-6-5-7-11-15)21-17-13-9-8-12-16(17)19-20-21/h5-13H,14H2,1-4H3. The number of hydrogen-bond donors (Lipinski definition) is 0. The van der Waals surface area contributed by atoms with Crippen molar-refractivity contribution < 1.29 is 4.74 Å². The molecule has 0 saturated carbocycles. The Bertz CT molecular complexity index is 795. The number of rotatable bonds is 5. The molecule has 2 aromatic carbocycles. The van der Waals surface area contributed by atoms with Crippen LogP contribution in [0.2, 0.25) is 19.6 Å². The normalized spacial score (nSPS) is 14.8. The van der Waals surface area contributed by atoms with Crippen LogP contribution in [0.4, 0.5) is 0 Å². The molecule has 0 radical (unpaired) electrons. The lowest BCUT2D eigenvalue weighted by Gasteiger charge is -2.42. The third kappa shape index (κ3) is 2.70. The monoisotopic (exact) mass is 325 g/mol. The summed E-state index contributed by atoms with van der Waals surface area (Å²) < 4.78 is 8.18. The smallest absolute Gasteiger partial charge is 0.150 e. The molecule has 1 unspecified atom stereocenters. The Kier molecular flexibility index (Phi) is 4.08. The van der Waals surface area contributed by atoms with Crippen molar-refractivity contribution in [3.8, 4) is 0 Å². The maximum absolute atomic E-state index is 6.18. The molecule has 0 aliphatic rings. The molecule has 120 valence electrons. The van der Waals surface area contributed by atoms with Crippen LogP contribution in [-0.2, 0) is 16.5 Å². The number of fused-ring (bicyclic) bond motifs is 1. The van der Waals surface area contributed by atoms with E-state index in [9.17, 15) is 0 Å². The molecule has 0 fully saturated rings. The lowest BCUT2D eigenvalue weighted by molar-refractivity contribution is -0.0196. The van der Waals surface area contributed by atoms with E-state index in [1.54, 1.807) is 7.11 Å². The van der Waals surface area contributed by atoms with Crippen molar-refractivity contribution in [2.75, 3.05) is 7.11 Å². The van der Waals surface area contributed by atoms with Gasteiger partial charge < -0.3 is 4.74 Å². The maximum atomic E-state index is 6.18. The molecule has 0 bridgehead atoms. The van der Waals surface area contributed by atoms with E-state index in [1.165, 1.54) is 5.56 Å². The van der Waals surface area contributed by atoms with Crippen LogP contribution in [0.25, 0.3) is 11.0 Å². The molecule has 0 aliphatic heterocycles. The fourth-order valence-electron chi connectivity index (χ4n) is 3.13. The Morgan fingerprint density at radius 1 is 1.00 bits per heavy atom. The number of nitrogens with zero attached hydrogens (tertiary/aromatic N) is 3. The number of benzene rings is 2. The third-order valence-corrected chi connectivity index (χ3v) is 7.43. The van der Waals surface area contributed by atoms with E-state index in [-0.39, 0.29) is 0 Å². The van der Waals surface area contributed by atoms with Crippen molar-refractivity contribution in [3.63, 3.8) is 0 Å². The lowest BCUT2D eigenvalue weighted by Crippen LogP contribution is -2.57. The van der Waals surface area contributed by atoms with Gasteiger partial charge in [-0.1, -0.05) is 67.3 Å². The number of aromatic nitrogens is 3. The summed E-state index contributed by atoms with van der Waals surface area (Å²) >= 11 is 0. The van der Waals surface area contributed by atoms with Gasteiger partial charge in [0, 0.05) is 13.5 Å². The molecule has 23 heavy (non-hydrogen) atoms. The largest absolute Gasteiger partial charge is 0.360 e. The minimum absolute atomic E-state index is 0.482. The number of ether oxygens (including phenoxy) is 1. The fourth-order valence-corrected chi connectivity index (χ4v) is 5.28. The van der Waals surface area contributed by atoms with Gasteiger partial charge in [0.1, 0.15) is 13.6 Å². The summed E-state index contributed by atoms with van der Waals surface area (Å²) in [5, 5.41) is 8.34. The van der Waals surface area contributed by atoms with Crippen molar-refractivity contribution >= 4 is 19.1 Å². The summed E-state index contributed by atoms with van der Waals surface area (Å²) in [4.78, 5) is 0. The van der Waals surface area contributed by atoms with Crippen molar-refractivity contribution in [3.05, 3.63) is 60.2 Å². The zero-order valence-corrected chi connectivity index (χ0v) is 15.2. The van der Waals surface area contributed by atoms with Gasteiger partial charge in [-0.15, -0.1) is 5.10 Å². The van der Waals surface area contributed by atoms with Gasteiger partial charge in [-0.3, -0.25) is 0 Å². The first-order chi connectivity index (χ1) is 11.0. The molecule has 0 aliphatic carbocycles. The molecule has 0 amide bonds. The molecule has 1 atom stereocenters. The zero-order chi connectivity index (χ0) is 16.5. The van der Waals surface area contributed by atoms with Gasteiger partial charge in [0.05, 0.1) is 5.52 Å². The second-order valence-corrected chi connectivity index (χ2v) is 12.2. The van der Waals surface area contributed by atoms with E-state index in [2.05, 4.69) is 60.3 Å². The highest BCUT2D eigenvalue weighted by Gasteiger charge is 2.47. The Morgan fingerprint density at radius 3 is 2.30 bits per heavy atom. The Labute approximate surface area is 138 Å². The average molecular weight is 325 g/mol. The molecule has 1 aromatic heterocycles. The number of methoxy groups -OCH3 is 1. The van der Waals surface area contributed by atoms with Gasteiger partial charge in [0.15, 0.2) is 5.35 Å². The number of hydrogen-bond acceptors (Lipinski definition) is 3. The minimum Gasteiger partial charge on any atom is -0.360 e. The van der Waals surface area contributed by atoms with Crippen LogP contribution in [0.15, 0.2) is 54.6 Å². The van der Waals surface area contributed by atoms with E-state index in [0.29, 0.717) is 0 Å². The van der Waals surface area contributed by atoms with Gasteiger partial charge in [0.25, 0.3) is 0 Å². The zero-order valence-electron chi connectivity index (χ0n) is 14.2. The quantitative estimate of drug-likeness (QED) is 0.669. The first-order valence-electron chi connectivity index (χ1n) is 7.88. The van der Waals surface area contributed by atoms with E-state index < -0.39 is 13.4 Å². The van der Waals surface area contributed by atoms with Crippen LogP contribution in [0.1, 0.15) is 5.56 Å². The average Bonchev–Trinajstić information content (AvgIpc) is 2.97. The highest BCUT2D eigenvalue weighted by molar-refractivity contribution is 6.78. The Hall–Kier alpha value is -1.98. The van der Waals surface area contributed by atoms with Crippen LogP contribution in [-0.4, -0.2) is 30.2 Å². The van der Waals surface area contributed by atoms with Gasteiger partial charge in [-0.25, -0.2) is 4.68 Å². The van der Waals surface area contributed by atoms with Crippen LogP contribution >= 0.6 is 0 Å². The second-order valence-electron chi connectivity index (χ2n) is 6.89. The number of para-hydroxylation sites is 1. The van der Waals surface area contributed by atoms with Crippen LogP contribution < -0.4 is 0 Å². The van der Waals surface area contributed by atoms with Crippen molar-refractivity contribution in [2.24, 2.45) is 0 Å². The van der Waals surface area contributed by atoms with Gasteiger partial charge in [0.2, 0.25) is 0 Å². The van der Waals surface area contributed by atoms with E-state index in [4.69, 9.17) is 4.74 Å². The predicted molar refractivity (Wildman–Crippen MR) is 96.0 cm³/mol. The fraction of sp³-hybridized carbons (Fsp3) is 0.333. The minimum atomic E-state index is -1.80. The van der Waals surface area contributed by atoms with Gasteiger partial charge in [-0.05, 0) is 17.7 Å². The highest BCUT2D eigenvalue weighted by Crippen LogP contribution is 2.35. The van der Waals surface area contributed by atoms with Crippen LogP contribution in [0.5, 0.6) is 0 Å². The van der Waals surface area contributed by atoms with E-state index in [1.807, 2.05) is 28.9 Å². The first kappa shape index (κ1) is 15.9. The lowest BCUT2D eigenvalue weighted by atomic mass is 10.1. The Balaban J connectivity index is 2.19. The molecule has 5 heteroatoms. The summed E-state index contributed by atoms with van der Waals surface area (Å²) in [6.45, 7) is 6.95. The predicted octanol–water partition coefficient (Wildman–Crippen LogP) is 3.85. The molecule has 4 nitrogen and oxygen atoms in total. The van der Waals surface area contributed by atoms with Crippen molar-refractivity contribution in [2.45, 2.75) is 31.4 Å². The molecular formula is C18H23N3OSi. The molecule has 3 aromatic rings. The molecule has 1 heterocycles. The van der Waals surface area contributed by atoms with Gasteiger partial charge in [-0.2, -0.15) is 0 Å². The van der Waals surface area contributed by atoms with Crippen LogP contribution in [0.3, 0.4) is 0 Å². The maximum Gasteiger partial charge on any atom is 0.150 e. The van der Waals surface area contributed by atoms with Gasteiger partial charge >= 0.3 is 0 Å². The second kappa shape index (κ2) is 5.90. The first-order valence-corrected chi connectivity index (χ1v) is 11.4. The molecule has 0 spiro atoms. The third-order valence-electron chi connectivity index (χ3n) is 4.49. The summed E-state index contributed by atoms with van der Waals surface area (Å²) in [7, 11) is -0.0139. The summed E-state index contributed by atoms with van der Waals surface area (Å²) in [5.74, 6) is 0. The summed E-state index contributed by atoms with van der Waals surface area (Å²) in [5.41, 5.74) is 3.17. The highest BCUT2D eigenvalue weighted by atomic mass is 28.3. The van der Waals surface area contributed by atoms with Crippen LogP contribution in [0, 0.1) is 0 Å². The molecule has 0 N–H and O–H groups in total. The molecule has 0 saturated heterocycles. The van der Waals surface area contributed by atoms with Crippen molar-refractivity contribution in [1.82, 2.24) is 15.0 Å². The Morgan fingerprint density at radius 2 is 1.65 bits per heavy atom. The molecular weight excluding hydrogens is 302 g/mol. The SMILES string of the molecule is COC(Cc1ccccc1)(n1nnc2ccccc21)[Si](C)(C)C. The van der Waals surface area contributed by atoms with E-state index >= 15 is 0 Å². The van der Waals surface area contributed by atoms with E-state index in [0.717, 1.165) is 17.5 Å². The topological polar surface area (TPSA) is 39.9 Å². The van der Waals surface area contributed by atoms with Crippen molar-refractivity contribution in [1.29, 1.82) is 0 Å². The molecule has 3 rings (SSSR count). The summed E-state index contributed by atoms with van der Waals surface area (Å²) in [6, 6.07) is 18.5.